The zero-order valence-electron chi connectivity index (χ0n) is 15.5. The van der Waals surface area contributed by atoms with Crippen molar-refractivity contribution in [2.24, 2.45) is 0 Å². The second-order valence-electron chi connectivity index (χ2n) is 6.34. The molecule has 0 N–H and O–H groups in total. The second-order valence-corrected chi connectivity index (χ2v) is 6.34. The Morgan fingerprint density at radius 3 is 2.70 bits per heavy atom. The Hall–Kier alpha value is -4.64. The molecule has 0 unspecified atom stereocenters. The molecular formula is C22H13N5O3. The molecule has 0 aliphatic heterocycles. The maximum Gasteiger partial charge on any atom is 0.271 e. The zero-order chi connectivity index (χ0) is 21.1. The Balaban J connectivity index is 2.01. The van der Waals surface area contributed by atoms with Gasteiger partial charge in [0.15, 0.2) is 0 Å². The molecule has 8 nitrogen and oxygen atoms in total. The van der Waals surface area contributed by atoms with Crippen molar-refractivity contribution >= 4 is 28.4 Å². The van der Waals surface area contributed by atoms with Crippen LogP contribution in [-0.2, 0) is 0 Å². The molecule has 0 atom stereocenters. The van der Waals surface area contributed by atoms with Crippen LogP contribution in [0.5, 0.6) is 0 Å². The number of aromatic nitrogens is 3. The number of nitrogens with zero attached hydrogens (tertiary/aromatic N) is 5. The fourth-order valence-electron chi connectivity index (χ4n) is 3.11. The van der Waals surface area contributed by atoms with E-state index < -0.39 is 10.5 Å². The van der Waals surface area contributed by atoms with Crippen LogP contribution < -0.4 is 5.56 Å². The Labute approximate surface area is 170 Å². The van der Waals surface area contributed by atoms with Gasteiger partial charge in [0.2, 0.25) is 0 Å². The smallest absolute Gasteiger partial charge is 0.268 e. The highest BCUT2D eigenvalue weighted by Gasteiger charge is 2.14. The number of nitriles is 1. The van der Waals surface area contributed by atoms with Crippen LogP contribution in [0.25, 0.3) is 28.4 Å². The van der Waals surface area contributed by atoms with Crippen molar-refractivity contribution in [1.82, 2.24) is 14.5 Å². The van der Waals surface area contributed by atoms with Crippen molar-refractivity contribution in [2.75, 3.05) is 0 Å². The number of hydrogen-bond acceptors (Lipinski definition) is 6. The number of pyridine rings is 3. The minimum atomic E-state index is -0.524. The van der Waals surface area contributed by atoms with Gasteiger partial charge in [0.1, 0.15) is 5.65 Å². The van der Waals surface area contributed by atoms with E-state index >= 15 is 0 Å². The highest BCUT2D eigenvalue weighted by molar-refractivity contribution is 5.91. The van der Waals surface area contributed by atoms with E-state index in [-0.39, 0.29) is 16.8 Å². The van der Waals surface area contributed by atoms with Crippen LogP contribution in [0.2, 0.25) is 0 Å². The van der Waals surface area contributed by atoms with E-state index in [4.69, 9.17) is 0 Å². The summed E-state index contributed by atoms with van der Waals surface area (Å²) >= 11 is 0. The summed E-state index contributed by atoms with van der Waals surface area (Å²) in [4.78, 5) is 32.3. The first kappa shape index (κ1) is 18.7. The lowest BCUT2D eigenvalue weighted by atomic mass is 10.1. The molecule has 1 aromatic carbocycles. The second kappa shape index (κ2) is 7.77. The molecule has 0 spiro atoms. The highest BCUT2D eigenvalue weighted by atomic mass is 16.6. The molecule has 4 aromatic rings. The first-order chi connectivity index (χ1) is 14.6. The minimum Gasteiger partial charge on any atom is -0.268 e. The predicted molar refractivity (Wildman–Crippen MR) is 112 cm³/mol. The fraction of sp³-hybridized carbons (Fsp3) is 0. The third-order valence-electron chi connectivity index (χ3n) is 4.48. The molecular weight excluding hydrogens is 382 g/mol. The summed E-state index contributed by atoms with van der Waals surface area (Å²) in [5, 5.41) is 21.4. The summed E-state index contributed by atoms with van der Waals surface area (Å²) in [6.07, 6.45) is 6.16. The van der Waals surface area contributed by atoms with Crippen molar-refractivity contribution in [3.63, 3.8) is 0 Å². The van der Waals surface area contributed by atoms with Crippen LogP contribution in [0.15, 0.2) is 78.0 Å². The van der Waals surface area contributed by atoms with E-state index in [0.29, 0.717) is 22.3 Å². The monoisotopic (exact) mass is 395 g/mol. The quantitative estimate of drug-likeness (QED) is 0.295. The maximum atomic E-state index is 13.3. The Bertz CT molecular complexity index is 1400. The number of nitro groups is 1. The first-order valence-electron chi connectivity index (χ1n) is 8.86. The van der Waals surface area contributed by atoms with Gasteiger partial charge in [0.25, 0.3) is 11.2 Å². The number of non-ortho nitro benzene ring substituents is 1. The predicted octanol–water partition coefficient (Wildman–Crippen LogP) is 3.75. The molecule has 0 aliphatic carbocycles. The summed E-state index contributed by atoms with van der Waals surface area (Å²) in [7, 11) is 0. The van der Waals surface area contributed by atoms with Gasteiger partial charge in [0.05, 0.1) is 22.3 Å². The highest BCUT2D eigenvalue weighted by Crippen LogP contribution is 2.22. The van der Waals surface area contributed by atoms with E-state index in [1.165, 1.54) is 35.0 Å². The molecule has 8 heteroatoms. The molecule has 0 radical (unpaired) electrons. The van der Waals surface area contributed by atoms with E-state index in [1.807, 2.05) is 0 Å². The van der Waals surface area contributed by atoms with E-state index in [1.54, 1.807) is 48.8 Å². The number of hydrogen-bond donors (Lipinski definition) is 0. The number of fused-ring (bicyclic) bond motifs is 1. The number of rotatable bonds is 4. The summed E-state index contributed by atoms with van der Waals surface area (Å²) in [6, 6.07) is 16.4. The third kappa shape index (κ3) is 3.43. The van der Waals surface area contributed by atoms with Gasteiger partial charge in [-0.05, 0) is 36.4 Å². The molecule has 3 heterocycles. The van der Waals surface area contributed by atoms with Gasteiger partial charge in [-0.1, -0.05) is 12.1 Å². The van der Waals surface area contributed by atoms with Gasteiger partial charge >= 0.3 is 0 Å². The van der Waals surface area contributed by atoms with Crippen molar-refractivity contribution in [3.8, 4) is 11.8 Å². The molecule has 4 rings (SSSR count). The van der Waals surface area contributed by atoms with E-state index in [0.717, 1.165) is 0 Å². The number of allylic oxidation sites excluding steroid dienone is 1. The third-order valence-corrected chi connectivity index (χ3v) is 4.48. The number of benzene rings is 1. The molecule has 0 amide bonds. The molecule has 0 saturated heterocycles. The van der Waals surface area contributed by atoms with Gasteiger partial charge in [-0.25, -0.2) is 4.98 Å². The van der Waals surface area contributed by atoms with Crippen LogP contribution in [0.4, 0.5) is 5.69 Å². The Morgan fingerprint density at radius 1 is 1.13 bits per heavy atom. The number of nitro benzene ring substituents is 1. The largest absolute Gasteiger partial charge is 0.271 e. The van der Waals surface area contributed by atoms with E-state index in [9.17, 15) is 20.2 Å². The topological polar surface area (TPSA) is 115 Å². The van der Waals surface area contributed by atoms with Crippen molar-refractivity contribution in [1.29, 1.82) is 5.26 Å². The molecule has 0 saturated carbocycles. The van der Waals surface area contributed by atoms with Gasteiger partial charge in [-0.2, -0.15) is 5.26 Å². The van der Waals surface area contributed by atoms with Crippen molar-refractivity contribution in [3.05, 3.63) is 105 Å². The first-order valence-corrected chi connectivity index (χ1v) is 8.86. The van der Waals surface area contributed by atoms with Gasteiger partial charge < -0.3 is 0 Å². The Kier molecular flexibility index (Phi) is 4.85. The molecule has 0 aliphatic rings. The minimum absolute atomic E-state index is 0.141. The average molecular weight is 395 g/mol. The SMILES string of the molecule is N#CC(=Cc1cc2cccnc2n(-c2cccc([N+](=O)[O-])c2)c1=O)c1cccnc1. The summed E-state index contributed by atoms with van der Waals surface area (Å²) in [6.45, 7) is 0. The van der Waals surface area contributed by atoms with Crippen LogP contribution in [-0.4, -0.2) is 19.5 Å². The van der Waals surface area contributed by atoms with Gasteiger partial charge in [-0.3, -0.25) is 24.5 Å². The average Bonchev–Trinajstić information content (AvgIpc) is 2.78. The lowest BCUT2D eigenvalue weighted by molar-refractivity contribution is -0.384. The van der Waals surface area contributed by atoms with Crippen molar-refractivity contribution in [2.45, 2.75) is 0 Å². The molecule has 0 fully saturated rings. The van der Waals surface area contributed by atoms with Crippen LogP contribution >= 0.6 is 0 Å². The standard InChI is InChI=1S/C22H13N5O3/c23-13-18(16-5-2-8-24-14-16)11-17-10-15-4-3-9-25-21(15)26(22(17)28)19-6-1-7-20(12-19)27(29)30/h1-12,14H. The zero-order valence-corrected chi connectivity index (χ0v) is 15.5. The van der Waals surface area contributed by atoms with Crippen molar-refractivity contribution < 1.29 is 4.92 Å². The summed E-state index contributed by atoms with van der Waals surface area (Å²) < 4.78 is 1.31. The van der Waals surface area contributed by atoms with Crippen LogP contribution in [0.3, 0.4) is 0 Å². The summed E-state index contributed by atoms with van der Waals surface area (Å²) in [5.74, 6) is 0. The lowest BCUT2D eigenvalue weighted by Crippen LogP contribution is -2.22. The fourth-order valence-corrected chi connectivity index (χ4v) is 3.11. The van der Waals surface area contributed by atoms with E-state index in [2.05, 4.69) is 16.0 Å². The normalized spacial score (nSPS) is 11.2. The van der Waals surface area contributed by atoms with Crippen LogP contribution in [0.1, 0.15) is 11.1 Å². The van der Waals surface area contributed by atoms with Gasteiger partial charge in [0, 0.05) is 47.2 Å². The van der Waals surface area contributed by atoms with Crippen LogP contribution in [0, 0.1) is 21.4 Å². The van der Waals surface area contributed by atoms with Gasteiger partial charge in [-0.15, -0.1) is 0 Å². The molecule has 0 bridgehead atoms. The maximum absolute atomic E-state index is 13.3. The lowest BCUT2D eigenvalue weighted by Gasteiger charge is -2.11. The molecule has 144 valence electrons. The molecule has 3 aromatic heterocycles. The Morgan fingerprint density at radius 2 is 1.97 bits per heavy atom. The summed E-state index contributed by atoms with van der Waals surface area (Å²) in [5.41, 5.74) is 1.19. The molecule has 30 heavy (non-hydrogen) atoms.